The number of nitrogens with zero attached hydrogens (tertiary/aromatic N) is 1. The van der Waals surface area contributed by atoms with Crippen molar-refractivity contribution in [1.29, 1.82) is 0 Å². The van der Waals surface area contributed by atoms with E-state index in [0.29, 0.717) is 29.6 Å². The third kappa shape index (κ3) is 4.09. The molecule has 2 aromatic rings. The van der Waals surface area contributed by atoms with Crippen molar-refractivity contribution >= 4 is 23.3 Å². The third-order valence-corrected chi connectivity index (χ3v) is 6.26. The number of amides is 2. The molecule has 1 fully saturated rings. The Morgan fingerprint density at radius 3 is 2.93 bits per heavy atom. The van der Waals surface area contributed by atoms with E-state index in [1.165, 1.54) is 4.88 Å². The molecule has 1 saturated heterocycles. The number of furan rings is 1. The van der Waals surface area contributed by atoms with Gasteiger partial charge in [-0.3, -0.25) is 4.90 Å². The van der Waals surface area contributed by atoms with Crippen LogP contribution in [0.2, 0.25) is 0 Å². The number of aryl methyl sites for hydroxylation is 1. The molecule has 8 heteroatoms. The summed E-state index contributed by atoms with van der Waals surface area (Å²) in [5.41, 5.74) is 0.979. The zero-order valence-electron chi connectivity index (χ0n) is 16.6. The predicted octanol–water partition coefficient (Wildman–Crippen LogP) is 3.66. The Hall–Kier alpha value is -2.58. The van der Waals surface area contributed by atoms with E-state index in [-0.39, 0.29) is 12.6 Å². The van der Waals surface area contributed by atoms with Gasteiger partial charge in [-0.05, 0) is 56.8 Å². The molecule has 0 aliphatic carbocycles. The number of carbonyl (C=O) groups excluding carboxylic acids is 2. The van der Waals surface area contributed by atoms with Crippen LogP contribution in [0.3, 0.4) is 0 Å². The average molecular weight is 416 g/mol. The van der Waals surface area contributed by atoms with Crippen molar-refractivity contribution in [3.05, 3.63) is 57.3 Å². The van der Waals surface area contributed by atoms with E-state index in [1.54, 1.807) is 24.3 Å². The lowest BCUT2D eigenvalue weighted by Gasteiger charge is -2.31. The summed E-state index contributed by atoms with van der Waals surface area (Å²) in [6.07, 6.45) is 2.15. The van der Waals surface area contributed by atoms with Gasteiger partial charge < -0.3 is 19.8 Å². The minimum absolute atomic E-state index is 0.259. The number of hydrogen-bond donors (Lipinski definition) is 2. The van der Waals surface area contributed by atoms with Crippen LogP contribution in [-0.4, -0.2) is 36.6 Å². The molecule has 2 atom stereocenters. The van der Waals surface area contributed by atoms with Crippen LogP contribution in [-0.2, 0) is 9.53 Å². The molecular formula is C21H25N3O4S. The van der Waals surface area contributed by atoms with Crippen LogP contribution in [0.4, 0.5) is 4.79 Å². The number of ether oxygens (including phenoxy) is 1. The van der Waals surface area contributed by atoms with E-state index in [2.05, 4.69) is 33.0 Å². The molecule has 0 spiro atoms. The number of carbonyl (C=O) groups is 2. The number of nitrogens with one attached hydrogen (secondary N) is 2. The molecule has 7 nitrogen and oxygen atoms in total. The van der Waals surface area contributed by atoms with E-state index < -0.39 is 12.0 Å². The maximum Gasteiger partial charge on any atom is 0.338 e. The molecule has 154 valence electrons. The van der Waals surface area contributed by atoms with Gasteiger partial charge in [-0.15, -0.1) is 11.3 Å². The SMILES string of the molecule is CCOC(=O)C1=C(CN2CCC[C@@H]2c2cccs2)NC(=O)N[C@@H]1c1ccc(C)o1. The van der Waals surface area contributed by atoms with Crippen LogP contribution in [0.25, 0.3) is 0 Å². The molecule has 0 radical (unpaired) electrons. The Morgan fingerprint density at radius 2 is 2.24 bits per heavy atom. The number of urea groups is 1. The van der Waals surface area contributed by atoms with Crippen LogP contribution < -0.4 is 10.6 Å². The summed E-state index contributed by atoms with van der Waals surface area (Å²) in [6, 6.07) is 7.08. The normalized spacial score (nSPS) is 22.5. The van der Waals surface area contributed by atoms with Crippen LogP contribution in [0.1, 0.15) is 48.2 Å². The maximum absolute atomic E-state index is 12.9. The smallest absolute Gasteiger partial charge is 0.338 e. The second-order valence-electron chi connectivity index (χ2n) is 7.24. The van der Waals surface area contributed by atoms with Gasteiger partial charge in [-0.1, -0.05) is 6.07 Å². The summed E-state index contributed by atoms with van der Waals surface area (Å²) in [6.45, 7) is 5.24. The Balaban J connectivity index is 1.69. The molecule has 0 aromatic carbocycles. The maximum atomic E-state index is 12.9. The average Bonchev–Trinajstić information content (AvgIpc) is 3.42. The number of esters is 1. The van der Waals surface area contributed by atoms with Crippen molar-refractivity contribution in [3.8, 4) is 0 Å². The fraction of sp³-hybridized carbons (Fsp3) is 0.429. The molecule has 2 amide bonds. The van der Waals surface area contributed by atoms with E-state index in [9.17, 15) is 9.59 Å². The first-order chi connectivity index (χ1) is 14.1. The Morgan fingerprint density at radius 1 is 1.38 bits per heavy atom. The third-order valence-electron chi connectivity index (χ3n) is 5.29. The van der Waals surface area contributed by atoms with Gasteiger partial charge in [-0.2, -0.15) is 0 Å². The Bertz CT molecular complexity index is 918. The quantitative estimate of drug-likeness (QED) is 0.704. The van der Waals surface area contributed by atoms with Crippen molar-refractivity contribution in [1.82, 2.24) is 15.5 Å². The molecule has 2 N–H and O–H groups in total. The molecule has 0 bridgehead atoms. The topological polar surface area (TPSA) is 83.8 Å². The highest BCUT2D eigenvalue weighted by molar-refractivity contribution is 7.10. The minimum atomic E-state index is -0.672. The largest absolute Gasteiger partial charge is 0.464 e. The zero-order chi connectivity index (χ0) is 20.4. The summed E-state index contributed by atoms with van der Waals surface area (Å²) in [7, 11) is 0. The van der Waals surface area contributed by atoms with Gasteiger partial charge in [0.25, 0.3) is 0 Å². The van der Waals surface area contributed by atoms with Gasteiger partial charge in [0.15, 0.2) is 0 Å². The molecule has 0 saturated carbocycles. The molecule has 2 aromatic heterocycles. The molecular weight excluding hydrogens is 390 g/mol. The van der Waals surface area contributed by atoms with Gasteiger partial charge in [-0.25, -0.2) is 9.59 Å². The summed E-state index contributed by atoms with van der Waals surface area (Å²) in [5.74, 6) is 0.796. The van der Waals surface area contributed by atoms with Gasteiger partial charge in [0.2, 0.25) is 0 Å². The Kier molecular flexibility index (Phi) is 5.73. The van der Waals surface area contributed by atoms with Crippen LogP contribution in [0.15, 0.2) is 45.3 Å². The van der Waals surface area contributed by atoms with Crippen LogP contribution >= 0.6 is 11.3 Å². The van der Waals surface area contributed by atoms with E-state index >= 15 is 0 Å². The number of likely N-dealkylation sites (tertiary alicyclic amines) is 1. The van der Waals surface area contributed by atoms with Crippen molar-refractivity contribution < 1.29 is 18.7 Å². The number of thiophene rings is 1. The van der Waals surface area contributed by atoms with E-state index in [1.807, 2.05) is 13.0 Å². The van der Waals surface area contributed by atoms with Crippen molar-refractivity contribution in [2.24, 2.45) is 0 Å². The lowest BCUT2D eigenvalue weighted by atomic mass is 9.99. The predicted molar refractivity (Wildman–Crippen MR) is 109 cm³/mol. The van der Waals surface area contributed by atoms with Gasteiger partial charge in [0.05, 0.1) is 12.2 Å². The van der Waals surface area contributed by atoms with Gasteiger partial charge >= 0.3 is 12.0 Å². The zero-order valence-corrected chi connectivity index (χ0v) is 17.4. The fourth-order valence-corrected chi connectivity index (χ4v) is 4.93. The van der Waals surface area contributed by atoms with Gasteiger partial charge in [0, 0.05) is 23.2 Å². The van der Waals surface area contributed by atoms with Crippen LogP contribution in [0, 0.1) is 6.92 Å². The minimum Gasteiger partial charge on any atom is -0.464 e. The van der Waals surface area contributed by atoms with Crippen LogP contribution in [0.5, 0.6) is 0 Å². The highest BCUT2D eigenvalue weighted by Crippen LogP contribution is 2.36. The first-order valence-corrected chi connectivity index (χ1v) is 10.8. The fourth-order valence-electron chi connectivity index (χ4n) is 4.04. The first kappa shape index (κ1) is 19.7. The summed E-state index contributed by atoms with van der Waals surface area (Å²) >= 11 is 1.74. The molecule has 4 rings (SSSR count). The van der Waals surface area contributed by atoms with Crippen molar-refractivity contribution in [3.63, 3.8) is 0 Å². The molecule has 29 heavy (non-hydrogen) atoms. The Labute approximate surface area is 173 Å². The van der Waals surface area contributed by atoms with E-state index in [0.717, 1.165) is 25.1 Å². The standard InChI is InChI=1S/C21H25N3O4S/c1-3-27-20(25)18-14(12-24-10-4-6-15(24)17-7-5-11-29-17)22-21(26)23-19(18)16-9-8-13(2)28-16/h5,7-9,11,15,19H,3-4,6,10,12H2,1-2H3,(H2,22,23,26)/t15-,19-/m1/s1. The second kappa shape index (κ2) is 8.42. The van der Waals surface area contributed by atoms with Gasteiger partial charge in [0.1, 0.15) is 17.6 Å². The number of rotatable bonds is 6. The molecule has 2 aliphatic rings. The summed E-state index contributed by atoms with van der Waals surface area (Å²) in [5, 5.41) is 7.74. The molecule has 4 heterocycles. The van der Waals surface area contributed by atoms with E-state index in [4.69, 9.17) is 9.15 Å². The molecule has 0 unspecified atom stereocenters. The lowest BCUT2D eigenvalue weighted by Crippen LogP contribution is -2.48. The number of hydrogen-bond acceptors (Lipinski definition) is 6. The monoisotopic (exact) mass is 415 g/mol. The van der Waals surface area contributed by atoms with Crippen molar-refractivity contribution in [2.75, 3.05) is 19.7 Å². The lowest BCUT2D eigenvalue weighted by molar-refractivity contribution is -0.139. The molecule has 2 aliphatic heterocycles. The second-order valence-corrected chi connectivity index (χ2v) is 8.22. The van der Waals surface area contributed by atoms with Crippen molar-refractivity contribution in [2.45, 2.75) is 38.8 Å². The summed E-state index contributed by atoms with van der Waals surface area (Å²) in [4.78, 5) is 28.9. The summed E-state index contributed by atoms with van der Waals surface area (Å²) < 4.78 is 11.1. The highest BCUT2D eigenvalue weighted by atomic mass is 32.1. The highest BCUT2D eigenvalue weighted by Gasteiger charge is 2.37. The first-order valence-electron chi connectivity index (χ1n) is 9.88.